The average molecular weight is 402 g/mol. The predicted octanol–water partition coefficient (Wildman–Crippen LogP) is 4.53. The zero-order chi connectivity index (χ0) is 21.1. The molecule has 1 N–H and O–H groups in total. The average Bonchev–Trinajstić information content (AvgIpc) is 3.26. The molecule has 0 spiro atoms. The van der Waals surface area contributed by atoms with Gasteiger partial charge in [-0.05, 0) is 49.6 Å². The fourth-order valence-electron chi connectivity index (χ4n) is 4.08. The monoisotopic (exact) mass is 401 g/mol. The molecule has 154 valence electrons. The molecule has 4 rings (SSSR count). The lowest BCUT2D eigenvalue weighted by Crippen LogP contribution is -2.23. The number of amides is 2. The molecule has 1 fully saturated rings. The van der Waals surface area contributed by atoms with E-state index in [1.807, 2.05) is 67.3 Å². The maximum Gasteiger partial charge on any atom is 0.257 e. The van der Waals surface area contributed by atoms with E-state index >= 15 is 0 Å². The first-order valence-corrected chi connectivity index (χ1v) is 10.4. The third-order valence-corrected chi connectivity index (χ3v) is 5.73. The Bertz CT molecular complexity index is 1070. The molecule has 5 heteroatoms. The second-order valence-corrected chi connectivity index (χ2v) is 7.93. The number of aromatic nitrogens is 1. The molecule has 0 saturated carbocycles. The Morgan fingerprint density at radius 3 is 2.47 bits per heavy atom. The molecular formula is C25H27N3O2. The van der Waals surface area contributed by atoms with Crippen LogP contribution < -0.4 is 5.32 Å². The molecule has 1 saturated heterocycles. The van der Waals surface area contributed by atoms with Gasteiger partial charge in [-0.2, -0.15) is 0 Å². The second-order valence-electron chi connectivity index (χ2n) is 7.93. The Morgan fingerprint density at radius 1 is 0.967 bits per heavy atom. The lowest BCUT2D eigenvalue weighted by Gasteiger charge is -2.16. The van der Waals surface area contributed by atoms with Gasteiger partial charge in [-0.1, -0.05) is 42.5 Å². The normalized spacial score (nSPS) is 13.7. The van der Waals surface area contributed by atoms with Gasteiger partial charge in [0, 0.05) is 43.1 Å². The summed E-state index contributed by atoms with van der Waals surface area (Å²) in [5.41, 5.74) is 5.67. The molecule has 1 aliphatic heterocycles. The highest BCUT2D eigenvalue weighted by Crippen LogP contribution is 2.21. The van der Waals surface area contributed by atoms with Crippen LogP contribution in [-0.2, 0) is 17.9 Å². The molecular weight excluding hydrogens is 374 g/mol. The van der Waals surface area contributed by atoms with Gasteiger partial charge in [-0.25, -0.2) is 0 Å². The van der Waals surface area contributed by atoms with Gasteiger partial charge in [0.05, 0.1) is 5.56 Å². The molecule has 2 amide bonds. The van der Waals surface area contributed by atoms with E-state index in [0.29, 0.717) is 18.5 Å². The number of nitrogens with zero attached hydrogens (tertiary/aromatic N) is 2. The van der Waals surface area contributed by atoms with Crippen LogP contribution in [-0.4, -0.2) is 27.8 Å². The lowest BCUT2D eigenvalue weighted by atomic mass is 10.1. The van der Waals surface area contributed by atoms with E-state index in [2.05, 4.69) is 22.0 Å². The lowest BCUT2D eigenvalue weighted by molar-refractivity contribution is -0.128. The van der Waals surface area contributed by atoms with Gasteiger partial charge in [-0.3, -0.25) is 9.59 Å². The molecule has 1 aliphatic rings. The molecule has 3 aromatic rings. The summed E-state index contributed by atoms with van der Waals surface area (Å²) in [7, 11) is 0. The topological polar surface area (TPSA) is 54.3 Å². The molecule has 0 aliphatic carbocycles. The zero-order valence-electron chi connectivity index (χ0n) is 17.5. The van der Waals surface area contributed by atoms with E-state index < -0.39 is 0 Å². The molecule has 0 atom stereocenters. The number of hydrogen-bond acceptors (Lipinski definition) is 2. The fourth-order valence-corrected chi connectivity index (χ4v) is 4.08. The Morgan fingerprint density at radius 2 is 1.73 bits per heavy atom. The van der Waals surface area contributed by atoms with Crippen molar-refractivity contribution in [1.82, 2.24) is 9.47 Å². The van der Waals surface area contributed by atoms with Gasteiger partial charge in [0.2, 0.25) is 5.91 Å². The summed E-state index contributed by atoms with van der Waals surface area (Å²) in [6, 6.07) is 19.9. The number of carbonyl (C=O) groups excluding carboxylic acids is 2. The van der Waals surface area contributed by atoms with Crippen LogP contribution in [0.1, 0.15) is 45.7 Å². The number of nitrogens with one attached hydrogen (secondary N) is 1. The minimum atomic E-state index is -0.114. The highest BCUT2D eigenvalue weighted by molar-refractivity contribution is 6.05. The summed E-state index contributed by atoms with van der Waals surface area (Å²) in [4.78, 5) is 26.7. The Hall–Kier alpha value is -3.34. The molecule has 0 unspecified atom stereocenters. The van der Waals surface area contributed by atoms with Gasteiger partial charge in [0.1, 0.15) is 0 Å². The Labute approximate surface area is 177 Å². The second kappa shape index (κ2) is 8.57. The minimum absolute atomic E-state index is 0.114. The van der Waals surface area contributed by atoms with Crippen molar-refractivity contribution in [3.05, 3.63) is 88.7 Å². The fraction of sp³-hybridized carbons (Fsp3) is 0.280. The first kappa shape index (κ1) is 20.0. The van der Waals surface area contributed by atoms with E-state index in [1.165, 1.54) is 5.56 Å². The largest absolute Gasteiger partial charge is 0.344 e. The molecule has 0 bridgehead atoms. The van der Waals surface area contributed by atoms with E-state index in [4.69, 9.17) is 0 Å². The molecule has 5 nitrogen and oxygen atoms in total. The van der Waals surface area contributed by atoms with Gasteiger partial charge in [0.15, 0.2) is 0 Å². The number of aryl methyl sites for hydroxylation is 1. The van der Waals surface area contributed by atoms with Crippen molar-refractivity contribution in [3.8, 4) is 0 Å². The van der Waals surface area contributed by atoms with E-state index in [0.717, 1.165) is 42.1 Å². The first-order chi connectivity index (χ1) is 14.5. The van der Waals surface area contributed by atoms with Crippen LogP contribution in [0.25, 0.3) is 0 Å². The Kier molecular flexibility index (Phi) is 5.70. The van der Waals surface area contributed by atoms with Crippen molar-refractivity contribution >= 4 is 17.5 Å². The third-order valence-electron chi connectivity index (χ3n) is 5.73. The summed E-state index contributed by atoms with van der Waals surface area (Å²) >= 11 is 0. The van der Waals surface area contributed by atoms with E-state index in [-0.39, 0.29) is 11.8 Å². The van der Waals surface area contributed by atoms with Crippen LogP contribution in [0.3, 0.4) is 0 Å². The molecule has 0 radical (unpaired) electrons. The van der Waals surface area contributed by atoms with E-state index in [9.17, 15) is 9.59 Å². The highest BCUT2D eigenvalue weighted by Gasteiger charge is 2.20. The SMILES string of the molecule is Cc1cc(C(=O)Nc2cccc(CN3CCCC3=O)c2)c(C)n1Cc1ccccc1. The zero-order valence-corrected chi connectivity index (χ0v) is 17.5. The number of carbonyl (C=O) groups is 2. The summed E-state index contributed by atoms with van der Waals surface area (Å²) < 4.78 is 2.17. The molecule has 1 aromatic heterocycles. The van der Waals surface area contributed by atoms with Crippen LogP contribution in [0.2, 0.25) is 0 Å². The van der Waals surface area contributed by atoms with Crippen LogP contribution in [0.15, 0.2) is 60.7 Å². The van der Waals surface area contributed by atoms with Gasteiger partial charge < -0.3 is 14.8 Å². The number of rotatable bonds is 6. The summed E-state index contributed by atoms with van der Waals surface area (Å²) in [5.74, 6) is 0.0899. The third kappa shape index (κ3) is 4.30. The number of benzene rings is 2. The van der Waals surface area contributed by atoms with Gasteiger partial charge in [0.25, 0.3) is 5.91 Å². The smallest absolute Gasteiger partial charge is 0.257 e. The van der Waals surface area contributed by atoms with E-state index in [1.54, 1.807) is 0 Å². The molecule has 2 aromatic carbocycles. The molecule has 2 heterocycles. The van der Waals surface area contributed by atoms with Crippen LogP contribution >= 0.6 is 0 Å². The predicted molar refractivity (Wildman–Crippen MR) is 118 cm³/mol. The standard InChI is InChI=1S/C25H27N3O2/c1-18-14-23(19(2)28(18)17-20-8-4-3-5-9-20)25(30)26-22-11-6-10-21(15-22)16-27-13-7-12-24(27)29/h3-6,8-11,14-15H,7,12-13,16-17H2,1-2H3,(H,26,30). The first-order valence-electron chi connectivity index (χ1n) is 10.4. The van der Waals surface area contributed by atoms with Gasteiger partial charge in [-0.15, -0.1) is 0 Å². The number of hydrogen-bond donors (Lipinski definition) is 1. The maximum atomic E-state index is 13.0. The van der Waals surface area contributed by atoms with Crippen molar-refractivity contribution in [2.24, 2.45) is 0 Å². The van der Waals surface area contributed by atoms with Crippen molar-refractivity contribution in [3.63, 3.8) is 0 Å². The highest BCUT2D eigenvalue weighted by atomic mass is 16.2. The summed E-state index contributed by atoms with van der Waals surface area (Å²) in [6.07, 6.45) is 1.56. The summed E-state index contributed by atoms with van der Waals surface area (Å²) in [6.45, 7) is 6.16. The summed E-state index contributed by atoms with van der Waals surface area (Å²) in [5, 5.41) is 3.02. The Balaban J connectivity index is 1.48. The van der Waals surface area contributed by atoms with Crippen molar-refractivity contribution in [2.75, 3.05) is 11.9 Å². The van der Waals surface area contributed by atoms with Crippen molar-refractivity contribution < 1.29 is 9.59 Å². The number of anilines is 1. The van der Waals surface area contributed by atoms with Crippen LogP contribution in [0, 0.1) is 13.8 Å². The quantitative estimate of drug-likeness (QED) is 0.660. The molecule has 30 heavy (non-hydrogen) atoms. The maximum absolute atomic E-state index is 13.0. The van der Waals surface area contributed by atoms with Gasteiger partial charge >= 0.3 is 0 Å². The van der Waals surface area contributed by atoms with Crippen LogP contribution in [0.4, 0.5) is 5.69 Å². The minimum Gasteiger partial charge on any atom is -0.344 e. The van der Waals surface area contributed by atoms with Crippen LogP contribution in [0.5, 0.6) is 0 Å². The van der Waals surface area contributed by atoms with Crippen molar-refractivity contribution in [2.45, 2.75) is 39.8 Å². The number of likely N-dealkylation sites (tertiary alicyclic amines) is 1. The van der Waals surface area contributed by atoms with Crippen molar-refractivity contribution in [1.29, 1.82) is 0 Å².